The molecule has 0 spiro atoms. The van der Waals surface area contributed by atoms with Gasteiger partial charge in [0.05, 0.1) is 0 Å². The fraction of sp³-hybridized carbons (Fsp3) is 0.625. The van der Waals surface area contributed by atoms with Crippen LogP contribution in [-0.2, 0) is 0 Å². The van der Waals surface area contributed by atoms with Gasteiger partial charge >= 0.3 is 0 Å². The van der Waals surface area contributed by atoms with Crippen molar-refractivity contribution in [2.75, 3.05) is 0 Å². The maximum absolute atomic E-state index is 10.2. The van der Waals surface area contributed by atoms with Gasteiger partial charge in [0.2, 0.25) is 0 Å². The molecular weight excluding hydrogens is 208 g/mol. The molecule has 0 amide bonds. The molecule has 0 aliphatic carbocycles. The lowest BCUT2D eigenvalue weighted by Crippen LogP contribution is -2.31. The molecule has 1 N–H and O–H groups in total. The Morgan fingerprint density at radius 2 is 1.41 bits per heavy atom. The van der Waals surface area contributed by atoms with Gasteiger partial charge in [-0.25, -0.2) is 0 Å². The Labute approximate surface area is 106 Å². The maximum Gasteiger partial charge on any atom is 0.119 e. The summed E-state index contributed by atoms with van der Waals surface area (Å²) in [4.78, 5) is 0. The van der Waals surface area contributed by atoms with E-state index in [1.807, 2.05) is 6.07 Å². The topological polar surface area (TPSA) is 20.2 Å². The second-order valence-corrected chi connectivity index (χ2v) is 7.17. The van der Waals surface area contributed by atoms with Crippen molar-refractivity contribution < 1.29 is 5.11 Å². The first-order chi connectivity index (χ1) is 7.55. The number of hydrogen-bond acceptors (Lipinski definition) is 1. The molecular formula is C16H26O. The largest absolute Gasteiger partial charge is 0.508 e. The summed E-state index contributed by atoms with van der Waals surface area (Å²) < 4.78 is 0. The quantitative estimate of drug-likeness (QED) is 0.734. The average Bonchev–Trinajstić information content (AvgIpc) is 2.06. The minimum atomic E-state index is 0.127. The van der Waals surface area contributed by atoms with Gasteiger partial charge in [0.15, 0.2) is 0 Å². The van der Waals surface area contributed by atoms with E-state index in [-0.39, 0.29) is 10.8 Å². The van der Waals surface area contributed by atoms with Gasteiger partial charge in [0.25, 0.3) is 0 Å². The van der Waals surface area contributed by atoms with Crippen LogP contribution in [0.5, 0.6) is 5.75 Å². The molecule has 0 aromatic heterocycles. The van der Waals surface area contributed by atoms with Gasteiger partial charge in [-0.05, 0) is 35.3 Å². The molecule has 0 atom stereocenters. The van der Waals surface area contributed by atoms with E-state index in [9.17, 15) is 5.11 Å². The summed E-state index contributed by atoms with van der Waals surface area (Å²) >= 11 is 0. The van der Waals surface area contributed by atoms with Gasteiger partial charge in [-0.1, -0.05) is 53.7 Å². The minimum Gasteiger partial charge on any atom is -0.508 e. The second kappa shape index (κ2) is 4.36. The number of phenolic OH excluding ortho intramolecular Hbond substituents is 1. The van der Waals surface area contributed by atoms with E-state index in [2.05, 4.69) is 54.5 Å². The highest BCUT2D eigenvalue weighted by Crippen LogP contribution is 2.50. The van der Waals surface area contributed by atoms with Gasteiger partial charge in [-0.3, -0.25) is 0 Å². The van der Waals surface area contributed by atoms with Gasteiger partial charge in [-0.2, -0.15) is 0 Å². The zero-order valence-electron chi connectivity index (χ0n) is 12.3. The highest BCUT2D eigenvalue weighted by Gasteiger charge is 2.38. The van der Waals surface area contributed by atoms with Crippen molar-refractivity contribution in [3.05, 3.63) is 29.3 Å². The van der Waals surface area contributed by atoms with Crippen LogP contribution in [0.25, 0.3) is 0 Å². The Kier molecular flexibility index (Phi) is 3.61. The molecule has 1 heteroatoms. The molecule has 96 valence electrons. The van der Waals surface area contributed by atoms with Crippen LogP contribution in [0.4, 0.5) is 0 Å². The van der Waals surface area contributed by atoms with Gasteiger partial charge in [-0.15, -0.1) is 0 Å². The average molecular weight is 234 g/mol. The first-order valence-electron chi connectivity index (χ1n) is 6.33. The van der Waals surface area contributed by atoms with E-state index in [1.54, 1.807) is 6.07 Å². The van der Waals surface area contributed by atoms with Crippen molar-refractivity contribution in [2.24, 2.45) is 10.8 Å². The van der Waals surface area contributed by atoms with Crippen LogP contribution in [0.15, 0.2) is 18.2 Å². The fourth-order valence-electron chi connectivity index (χ4n) is 3.21. The summed E-state index contributed by atoms with van der Waals surface area (Å²) in [7, 11) is 0. The molecule has 17 heavy (non-hydrogen) atoms. The van der Waals surface area contributed by atoms with Gasteiger partial charge in [0, 0.05) is 5.56 Å². The van der Waals surface area contributed by atoms with E-state index >= 15 is 0 Å². The molecule has 0 aliphatic heterocycles. The molecule has 0 radical (unpaired) electrons. The normalized spacial score (nSPS) is 13.2. The Hall–Kier alpha value is -0.980. The third-order valence-corrected chi connectivity index (χ3v) is 3.32. The molecule has 0 heterocycles. The van der Waals surface area contributed by atoms with Gasteiger partial charge < -0.3 is 5.11 Å². The monoisotopic (exact) mass is 234 g/mol. The van der Waals surface area contributed by atoms with Crippen LogP contribution < -0.4 is 0 Å². The summed E-state index contributed by atoms with van der Waals surface area (Å²) in [5.74, 6) is 0.760. The Morgan fingerprint density at radius 1 is 0.941 bits per heavy atom. The Balaban J connectivity index is 3.44. The van der Waals surface area contributed by atoms with Crippen LogP contribution >= 0.6 is 0 Å². The zero-order valence-corrected chi connectivity index (χ0v) is 12.3. The lowest BCUT2D eigenvalue weighted by atomic mass is 9.63. The standard InChI is InChI=1S/C16H26O/c1-11-9-8-10-12(17)13(11)14(15(2,3)4)16(5,6)7/h8-10,14,17H,1-7H3. The molecule has 0 aliphatic rings. The summed E-state index contributed by atoms with van der Waals surface area (Å²) in [6.45, 7) is 15.6. The van der Waals surface area contributed by atoms with Crippen molar-refractivity contribution in [1.82, 2.24) is 0 Å². The number of rotatable bonds is 1. The van der Waals surface area contributed by atoms with Crippen molar-refractivity contribution >= 4 is 0 Å². The number of aryl methyl sites for hydroxylation is 1. The van der Waals surface area contributed by atoms with Gasteiger partial charge in [0.1, 0.15) is 5.75 Å². The fourth-order valence-corrected chi connectivity index (χ4v) is 3.21. The minimum absolute atomic E-state index is 0.127. The Bertz CT molecular complexity index is 357. The SMILES string of the molecule is Cc1cccc(O)c1C(C(C)(C)C)C(C)(C)C. The lowest BCUT2D eigenvalue weighted by molar-refractivity contribution is 0.172. The number of phenols is 1. The summed E-state index contributed by atoms with van der Waals surface area (Å²) in [5, 5.41) is 10.2. The van der Waals surface area contributed by atoms with E-state index in [4.69, 9.17) is 0 Å². The molecule has 1 aromatic rings. The second-order valence-electron chi connectivity index (χ2n) is 7.17. The van der Waals surface area contributed by atoms with Crippen LogP contribution in [0, 0.1) is 17.8 Å². The molecule has 0 saturated carbocycles. The first kappa shape index (κ1) is 14.1. The molecule has 1 rings (SSSR count). The molecule has 0 unspecified atom stereocenters. The van der Waals surface area contributed by atoms with Crippen molar-refractivity contribution in [1.29, 1.82) is 0 Å². The number of hydrogen-bond donors (Lipinski definition) is 1. The van der Waals surface area contributed by atoms with Crippen molar-refractivity contribution in [2.45, 2.75) is 54.4 Å². The number of benzene rings is 1. The highest BCUT2D eigenvalue weighted by atomic mass is 16.3. The van der Waals surface area contributed by atoms with Crippen LogP contribution in [0.2, 0.25) is 0 Å². The third-order valence-electron chi connectivity index (χ3n) is 3.32. The van der Waals surface area contributed by atoms with E-state index in [0.717, 1.165) is 5.56 Å². The van der Waals surface area contributed by atoms with Crippen LogP contribution in [-0.4, -0.2) is 5.11 Å². The smallest absolute Gasteiger partial charge is 0.119 e. The van der Waals surface area contributed by atoms with Crippen LogP contribution in [0.1, 0.15) is 58.6 Å². The van der Waals surface area contributed by atoms with E-state index in [0.29, 0.717) is 11.7 Å². The van der Waals surface area contributed by atoms with Crippen LogP contribution in [0.3, 0.4) is 0 Å². The summed E-state index contributed by atoms with van der Waals surface area (Å²) in [6, 6.07) is 5.79. The molecule has 0 fully saturated rings. The van der Waals surface area contributed by atoms with Crippen molar-refractivity contribution in [3.8, 4) is 5.75 Å². The van der Waals surface area contributed by atoms with E-state index in [1.165, 1.54) is 5.56 Å². The van der Waals surface area contributed by atoms with Crippen molar-refractivity contribution in [3.63, 3.8) is 0 Å². The summed E-state index contributed by atoms with van der Waals surface area (Å²) in [6.07, 6.45) is 0. The molecule has 0 bridgehead atoms. The first-order valence-corrected chi connectivity index (χ1v) is 6.33. The highest BCUT2D eigenvalue weighted by molar-refractivity contribution is 5.43. The number of aromatic hydroxyl groups is 1. The third kappa shape index (κ3) is 3.02. The predicted octanol–water partition coefficient (Wildman–Crippen LogP) is 4.88. The lowest BCUT2D eigenvalue weighted by Gasteiger charge is -2.42. The van der Waals surface area contributed by atoms with E-state index < -0.39 is 0 Å². The molecule has 1 nitrogen and oxygen atoms in total. The maximum atomic E-state index is 10.2. The Morgan fingerprint density at radius 3 is 1.76 bits per heavy atom. The molecule has 1 aromatic carbocycles. The zero-order chi connectivity index (χ0) is 13.4. The predicted molar refractivity (Wildman–Crippen MR) is 74.5 cm³/mol. The molecule has 0 saturated heterocycles. The summed E-state index contributed by atoms with van der Waals surface area (Å²) in [5.41, 5.74) is 2.54.